The van der Waals surface area contributed by atoms with Crippen LogP contribution in [0.1, 0.15) is 39.2 Å². The molecule has 3 aromatic carbocycles. The minimum absolute atomic E-state index is 0.0641. The molecule has 0 saturated carbocycles. The van der Waals surface area contributed by atoms with Crippen LogP contribution in [-0.4, -0.2) is 50.9 Å². The molecule has 220 valence electrons. The molecule has 0 saturated heterocycles. The van der Waals surface area contributed by atoms with Crippen LogP contribution in [0.4, 0.5) is 14.5 Å². The van der Waals surface area contributed by atoms with Crippen molar-refractivity contribution in [2.45, 2.75) is 57.1 Å². The van der Waals surface area contributed by atoms with Crippen molar-refractivity contribution in [3.05, 3.63) is 90.0 Å². The number of methoxy groups -OCH3 is 1. The number of halogens is 2. The van der Waals surface area contributed by atoms with Crippen molar-refractivity contribution in [1.82, 2.24) is 10.2 Å². The van der Waals surface area contributed by atoms with E-state index in [0.717, 1.165) is 16.4 Å². The molecule has 0 unspecified atom stereocenters. The third kappa shape index (κ3) is 8.03. The van der Waals surface area contributed by atoms with Crippen molar-refractivity contribution in [2.24, 2.45) is 0 Å². The number of carbonyl (C=O) groups is 2. The lowest BCUT2D eigenvalue weighted by Crippen LogP contribution is -2.53. The van der Waals surface area contributed by atoms with Gasteiger partial charge in [-0.05, 0) is 86.0 Å². The Labute approximate surface area is 240 Å². The largest absolute Gasteiger partial charge is 0.497 e. The fourth-order valence-corrected chi connectivity index (χ4v) is 5.57. The number of rotatable bonds is 13. The van der Waals surface area contributed by atoms with Crippen molar-refractivity contribution in [1.29, 1.82) is 0 Å². The third-order valence-corrected chi connectivity index (χ3v) is 8.48. The number of hydrogen-bond acceptors (Lipinski definition) is 5. The molecule has 8 nitrogen and oxygen atoms in total. The van der Waals surface area contributed by atoms with Crippen molar-refractivity contribution in [3.8, 4) is 5.75 Å². The smallest absolute Gasteiger partial charge is 0.264 e. The molecule has 0 aromatic heterocycles. The van der Waals surface area contributed by atoms with Gasteiger partial charge in [-0.1, -0.05) is 26.0 Å². The zero-order chi connectivity index (χ0) is 30.2. The van der Waals surface area contributed by atoms with Gasteiger partial charge in [-0.3, -0.25) is 13.9 Å². The normalized spacial score (nSPS) is 12.7. The van der Waals surface area contributed by atoms with E-state index in [1.807, 2.05) is 13.8 Å². The number of hydrogen-bond donors (Lipinski definition) is 1. The quantitative estimate of drug-likeness (QED) is 0.307. The minimum atomic E-state index is -4.32. The van der Waals surface area contributed by atoms with E-state index < -0.39 is 40.2 Å². The molecule has 3 aromatic rings. The highest BCUT2D eigenvalue weighted by Crippen LogP contribution is 2.26. The first-order valence-corrected chi connectivity index (χ1v) is 14.7. The van der Waals surface area contributed by atoms with E-state index in [1.165, 1.54) is 72.7 Å². The van der Waals surface area contributed by atoms with Gasteiger partial charge in [0.1, 0.15) is 30.0 Å². The Morgan fingerprint density at radius 1 is 0.878 bits per heavy atom. The first-order valence-electron chi connectivity index (χ1n) is 13.3. The molecule has 0 aliphatic carbocycles. The lowest BCUT2D eigenvalue weighted by atomic mass is 10.1. The molecule has 1 N–H and O–H groups in total. The van der Waals surface area contributed by atoms with Crippen LogP contribution in [0.5, 0.6) is 5.75 Å². The summed E-state index contributed by atoms with van der Waals surface area (Å²) >= 11 is 0. The number of sulfonamides is 1. The van der Waals surface area contributed by atoms with Gasteiger partial charge in [-0.15, -0.1) is 0 Å². The molecule has 0 radical (unpaired) electrons. The second kappa shape index (κ2) is 14.1. The van der Waals surface area contributed by atoms with Gasteiger partial charge in [0.25, 0.3) is 10.0 Å². The van der Waals surface area contributed by atoms with Crippen LogP contribution in [0.25, 0.3) is 0 Å². The number of nitrogens with one attached hydrogen (secondary N) is 1. The molecule has 0 aliphatic rings. The molecule has 0 aliphatic heterocycles. The summed E-state index contributed by atoms with van der Waals surface area (Å²) in [5, 5.41) is 2.89. The Morgan fingerprint density at radius 2 is 1.44 bits per heavy atom. The number of anilines is 1. The average Bonchev–Trinajstić information content (AvgIpc) is 2.97. The monoisotopic (exact) mass is 587 g/mol. The molecule has 0 heterocycles. The summed E-state index contributed by atoms with van der Waals surface area (Å²) in [6.07, 6.45) is 0.920. The Kier molecular flexibility index (Phi) is 10.8. The molecule has 11 heteroatoms. The van der Waals surface area contributed by atoms with Gasteiger partial charge >= 0.3 is 0 Å². The van der Waals surface area contributed by atoms with Crippen LogP contribution < -0.4 is 14.4 Å². The molecule has 2 amide bonds. The summed E-state index contributed by atoms with van der Waals surface area (Å²) in [6.45, 7) is 4.77. The first kappa shape index (κ1) is 31.5. The van der Waals surface area contributed by atoms with E-state index in [-0.39, 0.29) is 35.5 Å². The molecule has 0 bridgehead atoms. The molecule has 2 atom stereocenters. The van der Waals surface area contributed by atoms with Crippen LogP contribution in [-0.2, 0) is 26.2 Å². The molecule has 0 spiro atoms. The van der Waals surface area contributed by atoms with E-state index in [1.54, 1.807) is 6.92 Å². The van der Waals surface area contributed by atoms with E-state index in [9.17, 15) is 26.8 Å². The maximum absolute atomic E-state index is 14.0. The average molecular weight is 588 g/mol. The Balaban J connectivity index is 2.05. The number of benzene rings is 3. The molecular weight excluding hydrogens is 552 g/mol. The van der Waals surface area contributed by atoms with Gasteiger partial charge in [0, 0.05) is 12.6 Å². The maximum Gasteiger partial charge on any atom is 0.264 e. The Morgan fingerprint density at radius 3 is 1.95 bits per heavy atom. The minimum Gasteiger partial charge on any atom is -0.497 e. The second-order valence-electron chi connectivity index (χ2n) is 9.55. The van der Waals surface area contributed by atoms with Crippen LogP contribution >= 0.6 is 0 Å². The summed E-state index contributed by atoms with van der Waals surface area (Å²) in [5.74, 6) is -1.64. The summed E-state index contributed by atoms with van der Waals surface area (Å²) in [4.78, 5) is 28.4. The number of nitrogens with zero attached hydrogens (tertiary/aromatic N) is 2. The van der Waals surface area contributed by atoms with Gasteiger partial charge < -0.3 is 15.0 Å². The van der Waals surface area contributed by atoms with E-state index in [0.29, 0.717) is 17.7 Å². The van der Waals surface area contributed by atoms with E-state index in [2.05, 4.69) is 5.32 Å². The predicted molar refractivity (Wildman–Crippen MR) is 153 cm³/mol. The second-order valence-corrected chi connectivity index (χ2v) is 11.4. The first-order chi connectivity index (χ1) is 19.5. The standard InChI is InChI=1S/C30H35F2N3O5S/c1-5-21(3)33-30(37)28(6-2)34(19-22-7-9-23(31)10-8-22)29(36)20-35(25-13-11-24(32)12-14-25)41(38,39)27-17-15-26(40-4)16-18-27/h7-18,21,28H,5-6,19-20H2,1-4H3,(H,33,37)/t21-,28+/m0/s1. The van der Waals surface area contributed by atoms with Crippen LogP contribution in [0.3, 0.4) is 0 Å². The molecular formula is C30H35F2N3O5S. The van der Waals surface area contributed by atoms with Gasteiger partial charge in [0.15, 0.2) is 0 Å². The lowest BCUT2D eigenvalue weighted by molar-refractivity contribution is -0.140. The fourth-order valence-electron chi connectivity index (χ4n) is 4.16. The highest BCUT2D eigenvalue weighted by molar-refractivity contribution is 7.92. The SMILES string of the molecule is CC[C@H](C(=O)N[C@@H](C)CC)N(Cc1ccc(F)cc1)C(=O)CN(c1ccc(F)cc1)S(=O)(=O)c1ccc(OC)cc1. The van der Waals surface area contributed by atoms with Gasteiger partial charge in [-0.2, -0.15) is 0 Å². The molecule has 3 rings (SSSR count). The van der Waals surface area contributed by atoms with Crippen molar-refractivity contribution in [3.63, 3.8) is 0 Å². The summed E-state index contributed by atoms with van der Waals surface area (Å²) in [7, 11) is -2.87. The molecule has 41 heavy (non-hydrogen) atoms. The lowest BCUT2D eigenvalue weighted by Gasteiger charge is -2.33. The van der Waals surface area contributed by atoms with Crippen molar-refractivity contribution in [2.75, 3.05) is 18.0 Å². The third-order valence-electron chi connectivity index (χ3n) is 6.69. The maximum atomic E-state index is 14.0. The highest BCUT2D eigenvalue weighted by Gasteiger charge is 2.34. The van der Waals surface area contributed by atoms with Crippen LogP contribution in [0.15, 0.2) is 77.7 Å². The number of amides is 2. The summed E-state index contributed by atoms with van der Waals surface area (Å²) < 4.78 is 61.0. The topological polar surface area (TPSA) is 96.0 Å². The van der Waals surface area contributed by atoms with Gasteiger partial charge in [-0.25, -0.2) is 17.2 Å². The fraction of sp³-hybridized carbons (Fsp3) is 0.333. The number of carbonyl (C=O) groups excluding carboxylic acids is 2. The number of ether oxygens (including phenoxy) is 1. The summed E-state index contributed by atoms with van der Waals surface area (Å²) in [6, 6.07) is 14.8. The Bertz CT molecular complexity index is 1420. The summed E-state index contributed by atoms with van der Waals surface area (Å²) in [5.41, 5.74) is 0.621. The van der Waals surface area contributed by atoms with Gasteiger partial charge in [0.05, 0.1) is 17.7 Å². The zero-order valence-electron chi connectivity index (χ0n) is 23.5. The Hall–Kier alpha value is -3.99. The van der Waals surface area contributed by atoms with E-state index >= 15 is 0 Å². The van der Waals surface area contributed by atoms with E-state index in [4.69, 9.17) is 4.74 Å². The molecule has 0 fully saturated rings. The van der Waals surface area contributed by atoms with Gasteiger partial charge in [0.2, 0.25) is 11.8 Å². The van der Waals surface area contributed by atoms with Crippen molar-refractivity contribution >= 4 is 27.5 Å². The van der Waals surface area contributed by atoms with Crippen LogP contribution in [0, 0.1) is 11.6 Å². The van der Waals surface area contributed by atoms with Crippen LogP contribution in [0.2, 0.25) is 0 Å². The predicted octanol–water partition coefficient (Wildman–Crippen LogP) is 4.89. The van der Waals surface area contributed by atoms with Crippen molar-refractivity contribution < 1.29 is 31.5 Å². The highest BCUT2D eigenvalue weighted by atomic mass is 32.2. The zero-order valence-corrected chi connectivity index (χ0v) is 24.3.